The van der Waals surface area contributed by atoms with Gasteiger partial charge in [-0.1, -0.05) is 19.8 Å². The van der Waals surface area contributed by atoms with Crippen LogP contribution in [0.2, 0.25) is 0 Å². The van der Waals surface area contributed by atoms with E-state index in [0.29, 0.717) is 6.10 Å². The lowest BCUT2D eigenvalue weighted by molar-refractivity contribution is 0.110. The molecule has 0 heterocycles. The van der Waals surface area contributed by atoms with Gasteiger partial charge in [0.1, 0.15) is 0 Å². The Morgan fingerprint density at radius 3 is 2.29 bits per heavy atom. The summed E-state index contributed by atoms with van der Waals surface area (Å²) in [6.45, 7) is 4.61. The number of hydrogen-bond acceptors (Lipinski definition) is 3. The zero-order valence-electron chi connectivity index (χ0n) is 9.41. The van der Waals surface area contributed by atoms with Crippen molar-refractivity contribution in [1.82, 2.24) is 0 Å². The van der Waals surface area contributed by atoms with Crippen LogP contribution in [-0.2, 0) is 4.74 Å². The fourth-order valence-corrected chi connectivity index (χ4v) is 0.837. The van der Waals surface area contributed by atoms with E-state index in [1.807, 2.05) is 0 Å². The third-order valence-corrected chi connectivity index (χ3v) is 1.89. The quantitative estimate of drug-likeness (QED) is 0.648. The van der Waals surface area contributed by atoms with E-state index in [4.69, 9.17) is 14.9 Å². The molecule has 1 rings (SSSR count). The van der Waals surface area contributed by atoms with Crippen molar-refractivity contribution < 1.29 is 14.9 Å². The second-order valence-corrected chi connectivity index (χ2v) is 3.81. The molecule has 0 radical (unpaired) electrons. The normalized spacial score (nSPS) is 17.1. The first-order valence-electron chi connectivity index (χ1n) is 5.61. The minimum absolute atomic E-state index is 0.139. The van der Waals surface area contributed by atoms with E-state index in [2.05, 4.69) is 6.92 Å². The molecule has 3 nitrogen and oxygen atoms in total. The van der Waals surface area contributed by atoms with Crippen molar-refractivity contribution in [3.8, 4) is 0 Å². The van der Waals surface area contributed by atoms with Gasteiger partial charge >= 0.3 is 0 Å². The standard InChI is InChI=1S/C8H16O.C3H8O2/c1-2-3-4-7-9-8-5-6-8;1-3(5)2-4/h8H,2-7H2,1H3;3-5H,2H2,1H3. The molecule has 0 aromatic rings. The molecule has 1 fully saturated rings. The van der Waals surface area contributed by atoms with Crippen LogP contribution in [0.5, 0.6) is 0 Å². The van der Waals surface area contributed by atoms with Gasteiger partial charge in [0.15, 0.2) is 0 Å². The van der Waals surface area contributed by atoms with Gasteiger partial charge in [-0.25, -0.2) is 0 Å². The Morgan fingerprint density at radius 1 is 1.36 bits per heavy atom. The van der Waals surface area contributed by atoms with Crippen LogP contribution in [0, 0.1) is 0 Å². The molecule has 0 aromatic carbocycles. The fourth-order valence-electron chi connectivity index (χ4n) is 0.837. The molecule has 1 aliphatic carbocycles. The summed E-state index contributed by atoms with van der Waals surface area (Å²) in [6.07, 6.45) is 6.60. The molecule has 0 aliphatic heterocycles. The van der Waals surface area contributed by atoms with Crippen molar-refractivity contribution in [3.05, 3.63) is 0 Å². The highest BCUT2D eigenvalue weighted by atomic mass is 16.5. The monoisotopic (exact) mass is 204 g/mol. The second kappa shape index (κ2) is 9.44. The van der Waals surface area contributed by atoms with E-state index in [-0.39, 0.29) is 6.61 Å². The fraction of sp³-hybridized carbons (Fsp3) is 1.00. The number of unbranched alkanes of at least 4 members (excludes halogenated alkanes) is 2. The summed E-state index contributed by atoms with van der Waals surface area (Å²) in [5, 5.41) is 16.0. The summed E-state index contributed by atoms with van der Waals surface area (Å²) >= 11 is 0. The van der Waals surface area contributed by atoms with E-state index in [1.165, 1.54) is 39.0 Å². The smallest absolute Gasteiger partial charge is 0.0742 e. The summed E-state index contributed by atoms with van der Waals surface area (Å²) < 4.78 is 5.46. The maximum atomic E-state index is 8.11. The Balaban J connectivity index is 0.000000292. The van der Waals surface area contributed by atoms with Crippen molar-refractivity contribution in [1.29, 1.82) is 0 Å². The highest BCUT2D eigenvalue weighted by Gasteiger charge is 2.21. The molecule has 86 valence electrons. The van der Waals surface area contributed by atoms with Crippen molar-refractivity contribution in [3.63, 3.8) is 0 Å². The Bertz CT molecular complexity index is 111. The molecule has 3 heteroatoms. The Kier molecular flexibility index (Phi) is 9.35. The van der Waals surface area contributed by atoms with Crippen LogP contribution in [0.15, 0.2) is 0 Å². The lowest BCUT2D eigenvalue weighted by Crippen LogP contribution is -2.03. The van der Waals surface area contributed by atoms with Gasteiger partial charge in [-0.05, 0) is 26.2 Å². The summed E-state index contributed by atoms with van der Waals surface area (Å²) in [7, 11) is 0. The first kappa shape index (κ1) is 13.9. The van der Waals surface area contributed by atoms with Crippen LogP contribution >= 0.6 is 0 Å². The van der Waals surface area contributed by atoms with E-state index in [9.17, 15) is 0 Å². The van der Waals surface area contributed by atoms with Crippen LogP contribution in [0.3, 0.4) is 0 Å². The SMILES string of the molecule is CC(O)CO.CCCCCOC1CC1. The molecule has 0 bridgehead atoms. The highest BCUT2D eigenvalue weighted by Crippen LogP contribution is 2.23. The molecular weight excluding hydrogens is 180 g/mol. The van der Waals surface area contributed by atoms with Crippen molar-refractivity contribution in [2.45, 2.75) is 58.2 Å². The third kappa shape index (κ3) is 11.9. The van der Waals surface area contributed by atoms with Gasteiger partial charge in [0.25, 0.3) is 0 Å². The van der Waals surface area contributed by atoms with E-state index < -0.39 is 6.10 Å². The Morgan fingerprint density at radius 2 is 1.93 bits per heavy atom. The van der Waals surface area contributed by atoms with Gasteiger partial charge in [0.05, 0.1) is 18.8 Å². The van der Waals surface area contributed by atoms with Crippen LogP contribution < -0.4 is 0 Å². The van der Waals surface area contributed by atoms with E-state index >= 15 is 0 Å². The predicted molar refractivity (Wildman–Crippen MR) is 57.3 cm³/mol. The number of aliphatic hydroxyl groups is 2. The molecule has 14 heavy (non-hydrogen) atoms. The van der Waals surface area contributed by atoms with Crippen LogP contribution in [0.4, 0.5) is 0 Å². The minimum Gasteiger partial charge on any atom is -0.394 e. The van der Waals surface area contributed by atoms with Crippen molar-refractivity contribution >= 4 is 0 Å². The largest absolute Gasteiger partial charge is 0.394 e. The van der Waals surface area contributed by atoms with Gasteiger partial charge in [-0.3, -0.25) is 0 Å². The van der Waals surface area contributed by atoms with Gasteiger partial charge in [-0.2, -0.15) is 0 Å². The van der Waals surface area contributed by atoms with E-state index in [1.54, 1.807) is 0 Å². The van der Waals surface area contributed by atoms with Crippen molar-refractivity contribution in [2.75, 3.05) is 13.2 Å². The average Bonchev–Trinajstić information content (AvgIpc) is 2.97. The van der Waals surface area contributed by atoms with Gasteiger partial charge in [0, 0.05) is 6.61 Å². The molecular formula is C11H24O3. The molecule has 1 saturated carbocycles. The molecule has 0 saturated heterocycles. The molecule has 0 spiro atoms. The zero-order chi connectivity index (χ0) is 10.8. The number of rotatable bonds is 6. The second-order valence-electron chi connectivity index (χ2n) is 3.81. The van der Waals surface area contributed by atoms with E-state index in [0.717, 1.165) is 6.61 Å². The Labute approximate surface area is 87.1 Å². The third-order valence-electron chi connectivity index (χ3n) is 1.89. The average molecular weight is 204 g/mol. The predicted octanol–water partition coefficient (Wildman–Crippen LogP) is 1.72. The first-order chi connectivity index (χ1) is 6.70. The summed E-state index contributed by atoms with van der Waals surface area (Å²) in [5.74, 6) is 0. The maximum Gasteiger partial charge on any atom is 0.0742 e. The summed E-state index contributed by atoms with van der Waals surface area (Å²) in [6, 6.07) is 0. The zero-order valence-corrected chi connectivity index (χ0v) is 9.41. The number of aliphatic hydroxyl groups excluding tert-OH is 2. The topological polar surface area (TPSA) is 49.7 Å². The van der Waals surface area contributed by atoms with Crippen LogP contribution in [0.1, 0.15) is 46.0 Å². The van der Waals surface area contributed by atoms with Crippen LogP contribution in [-0.4, -0.2) is 35.6 Å². The first-order valence-corrected chi connectivity index (χ1v) is 5.61. The lowest BCUT2D eigenvalue weighted by atomic mass is 10.3. The van der Waals surface area contributed by atoms with Gasteiger partial charge in [0.2, 0.25) is 0 Å². The number of ether oxygens (including phenoxy) is 1. The molecule has 1 unspecified atom stereocenters. The Hall–Kier alpha value is -0.120. The molecule has 0 aromatic heterocycles. The minimum atomic E-state index is -0.560. The molecule has 0 amide bonds. The van der Waals surface area contributed by atoms with Crippen LogP contribution in [0.25, 0.3) is 0 Å². The lowest BCUT2D eigenvalue weighted by Gasteiger charge is -1.98. The van der Waals surface area contributed by atoms with Crippen molar-refractivity contribution in [2.24, 2.45) is 0 Å². The molecule has 2 N–H and O–H groups in total. The molecule has 1 aliphatic rings. The summed E-state index contributed by atoms with van der Waals surface area (Å²) in [5.41, 5.74) is 0. The number of hydrogen-bond donors (Lipinski definition) is 2. The molecule has 1 atom stereocenters. The van der Waals surface area contributed by atoms with Gasteiger partial charge in [-0.15, -0.1) is 0 Å². The maximum absolute atomic E-state index is 8.11. The highest BCUT2D eigenvalue weighted by molar-refractivity contribution is 4.72. The van der Waals surface area contributed by atoms with Gasteiger partial charge < -0.3 is 14.9 Å². The summed E-state index contributed by atoms with van der Waals surface area (Å²) in [4.78, 5) is 0.